The molecule has 0 fully saturated rings. The molecule has 14 heavy (non-hydrogen) atoms. The van der Waals surface area contributed by atoms with Crippen molar-refractivity contribution in [3.63, 3.8) is 0 Å². The van der Waals surface area contributed by atoms with Crippen LogP contribution in [-0.4, -0.2) is 3.96 Å². The van der Waals surface area contributed by atoms with Gasteiger partial charge in [0, 0.05) is 11.4 Å². The average Bonchev–Trinajstić information content (AvgIpc) is 2.65. The predicted octanol–water partition coefficient (Wildman–Crippen LogP) is 2.52. The molecule has 2 rings (SSSR count). The maximum Gasteiger partial charge on any atom is 0.261 e. The lowest BCUT2D eigenvalue weighted by Gasteiger charge is -2.11. The van der Waals surface area contributed by atoms with E-state index in [0.717, 1.165) is 5.56 Å². The van der Waals surface area contributed by atoms with Crippen molar-refractivity contribution in [2.75, 3.05) is 0 Å². The maximum atomic E-state index is 11.4. The third-order valence-electron chi connectivity index (χ3n) is 2.24. The highest BCUT2D eigenvalue weighted by atomic mass is 32.1. The second-order valence-electron chi connectivity index (χ2n) is 3.16. The zero-order valence-corrected chi connectivity index (χ0v) is 8.70. The highest BCUT2D eigenvalue weighted by Gasteiger charge is 2.08. The lowest BCUT2D eigenvalue weighted by Crippen LogP contribution is -2.16. The van der Waals surface area contributed by atoms with Crippen molar-refractivity contribution < 1.29 is 0 Å². The molecule has 0 N–H and O–H groups in total. The first-order chi connectivity index (χ1) is 6.79. The summed E-state index contributed by atoms with van der Waals surface area (Å²) in [5, 5.41) is 1.82. The van der Waals surface area contributed by atoms with Crippen LogP contribution in [0.5, 0.6) is 0 Å². The zero-order chi connectivity index (χ0) is 9.97. The van der Waals surface area contributed by atoms with Gasteiger partial charge in [-0.05, 0) is 12.5 Å². The van der Waals surface area contributed by atoms with Gasteiger partial charge in [-0.3, -0.25) is 8.75 Å². The van der Waals surface area contributed by atoms with Gasteiger partial charge in [0.1, 0.15) is 0 Å². The third kappa shape index (κ3) is 1.63. The van der Waals surface area contributed by atoms with Crippen LogP contribution in [0.2, 0.25) is 0 Å². The Morgan fingerprint density at radius 2 is 1.93 bits per heavy atom. The van der Waals surface area contributed by atoms with Gasteiger partial charge >= 0.3 is 0 Å². The van der Waals surface area contributed by atoms with E-state index in [1.165, 1.54) is 11.5 Å². The Labute approximate surface area is 86.6 Å². The first kappa shape index (κ1) is 9.21. The van der Waals surface area contributed by atoms with Crippen molar-refractivity contribution in [2.24, 2.45) is 0 Å². The van der Waals surface area contributed by atoms with Crippen LogP contribution in [0.25, 0.3) is 0 Å². The van der Waals surface area contributed by atoms with Gasteiger partial charge in [-0.15, -0.1) is 0 Å². The van der Waals surface area contributed by atoms with Crippen LogP contribution < -0.4 is 5.56 Å². The Morgan fingerprint density at radius 1 is 1.21 bits per heavy atom. The molecule has 2 nitrogen and oxygen atoms in total. The summed E-state index contributed by atoms with van der Waals surface area (Å²) in [6, 6.07) is 11.8. The summed E-state index contributed by atoms with van der Waals surface area (Å²) in [6.07, 6.45) is 0. The fraction of sp³-hybridized carbons (Fsp3) is 0.182. The average molecular weight is 205 g/mol. The quantitative estimate of drug-likeness (QED) is 0.738. The van der Waals surface area contributed by atoms with Gasteiger partial charge in [-0.25, -0.2) is 0 Å². The molecular formula is C11H11NOS. The van der Waals surface area contributed by atoms with Crippen molar-refractivity contribution >= 4 is 11.5 Å². The van der Waals surface area contributed by atoms with Gasteiger partial charge in [0.2, 0.25) is 0 Å². The van der Waals surface area contributed by atoms with Crippen molar-refractivity contribution in [1.29, 1.82) is 0 Å². The third-order valence-corrected chi connectivity index (χ3v) is 3.22. The van der Waals surface area contributed by atoms with Gasteiger partial charge in [0.15, 0.2) is 0 Å². The zero-order valence-electron chi connectivity index (χ0n) is 7.88. The Balaban J connectivity index is 2.39. The van der Waals surface area contributed by atoms with Crippen LogP contribution in [0.1, 0.15) is 18.5 Å². The Hall–Kier alpha value is -1.35. The molecule has 0 bridgehead atoms. The monoisotopic (exact) mass is 205 g/mol. The molecule has 1 atom stereocenters. The number of hydrogen-bond acceptors (Lipinski definition) is 2. The smallest absolute Gasteiger partial charge is 0.261 e. The molecule has 0 aliphatic carbocycles. The molecule has 1 unspecified atom stereocenters. The van der Waals surface area contributed by atoms with Crippen LogP contribution in [0.15, 0.2) is 46.6 Å². The van der Waals surface area contributed by atoms with Gasteiger partial charge in [0.05, 0.1) is 6.04 Å². The van der Waals surface area contributed by atoms with E-state index < -0.39 is 0 Å². The van der Waals surface area contributed by atoms with Gasteiger partial charge in [0.25, 0.3) is 5.56 Å². The lowest BCUT2D eigenvalue weighted by molar-refractivity contribution is 0.675. The summed E-state index contributed by atoms with van der Waals surface area (Å²) >= 11 is 1.46. The molecule has 0 spiro atoms. The van der Waals surface area contributed by atoms with E-state index in [-0.39, 0.29) is 11.6 Å². The fourth-order valence-corrected chi connectivity index (χ4v) is 2.21. The van der Waals surface area contributed by atoms with Crippen LogP contribution in [0.4, 0.5) is 0 Å². The second-order valence-corrected chi connectivity index (χ2v) is 4.04. The van der Waals surface area contributed by atoms with Crippen LogP contribution >= 0.6 is 11.5 Å². The first-order valence-corrected chi connectivity index (χ1v) is 5.34. The van der Waals surface area contributed by atoms with Crippen molar-refractivity contribution in [2.45, 2.75) is 13.0 Å². The predicted molar refractivity (Wildman–Crippen MR) is 58.8 cm³/mol. The largest absolute Gasteiger partial charge is 0.268 e. The van der Waals surface area contributed by atoms with Crippen molar-refractivity contribution in [3.05, 3.63) is 57.7 Å². The molecule has 72 valence electrons. The maximum absolute atomic E-state index is 11.4. The minimum absolute atomic E-state index is 0.0753. The van der Waals surface area contributed by atoms with E-state index >= 15 is 0 Å². The van der Waals surface area contributed by atoms with Gasteiger partial charge < -0.3 is 0 Å². The standard InChI is InChI=1S/C11H11NOS/c1-9(10-5-3-2-4-6-10)12-11(13)7-8-14-12/h2-9H,1H3. The summed E-state index contributed by atoms with van der Waals surface area (Å²) in [6.45, 7) is 2.03. The lowest BCUT2D eigenvalue weighted by atomic mass is 10.1. The second kappa shape index (κ2) is 3.80. The minimum atomic E-state index is 0.0753. The fourth-order valence-electron chi connectivity index (χ4n) is 1.43. The molecule has 0 amide bonds. The number of rotatable bonds is 2. The van der Waals surface area contributed by atoms with Crippen LogP contribution in [0, 0.1) is 0 Å². The number of aromatic nitrogens is 1. The molecule has 0 radical (unpaired) electrons. The Bertz CT molecular complexity index is 457. The van der Waals surface area contributed by atoms with Crippen molar-refractivity contribution in [3.8, 4) is 0 Å². The molecule has 1 aromatic heterocycles. The summed E-state index contributed by atoms with van der Waals surface area (Å²) in [5.74, 6) is 0. The van der Waals surface area contributed by atoms with Gasteiger partial charge in [-0.2, -0.15) is 0 Å². The summed E-state index contributed by atoms with van der Waals surface area (Å²) in [5.41, 5.74) is 1.24. The molecular weight excluding hydrogens is 194 g/mol. The van der Waals surface area contributed by atoms with Crippen molar-refractivity contribution in [1.82, 2.24) is 3.96 Å². The van der Waals surface area contributed by atoms with E-state index in [0.29, 0.717) is 0 Å². The highest BCUT2D eigenvalue weighted by Crippen LogP contribution is 2.17. The van der Waals surface area contributed by atoms with E-state index in [1.807, 2.05) is 42.6 Å². The molecule has 3 heteroatoms. The molecule has 1 aromatic carbocycles. The molecule has 1 heterocycles. The van der Waals surface area contributed by atoms with E-state index in [1.54, 1.807) is 10.0 Å². The summed E-state index contributed by atoms with van der Waals surface area (Å²) < 4.78 is 1.77. The topological polar surface area (TPSA) is 22.0 Å². The van der Waals surface area contributed by atoms with Crippen LogP contribution in [-0.2, 0) is 0 Å². The first-order valence-electron chi connectivity index (χ1n) is 4.50. The van der Waals surface area contributed by atoms with Crippen LogP contribution in [0.3, 0.4) is 0 Å². The number of nitrogens with zero attached hydrogens (tertiary/aromatic N) is 1. The highest BCUT2D eigenvalue weighted by molar-refractivity contribution is 7.04. The molecule has 2 aromatic rings. The SMILES string of the molecule is CC(c1ccccc1)n1sccc1=O. The van der Waals surface area contributed by atoms with Gasteiger partial charge in [-0.1, -0.05) is 41.9 Å². The Kier molecular flexibility index (Phi) is 2.50. The molecule has 0 aliphatic heterocycles. The van der Waals surface area contributed by atoms with E-state index in [2.05, 4.69) is 0 Å². The minimum Gasteiger partial charge on any atom is -0.268 e. The number of benzene rings is 1. The van der Waals surface area contributed by atoms with E-state index in [9.17, 15) is 4.79 Å². The molecule has 0 saturated heterocycles. The van der Waals surface area contributed by atoms with E-state index in [4.69, 9.17) is 0 Å². The summed E-state index contributed by atoms with van der Waals surface area (Å²) in [4.78, 5) is 11.4. The summed E-state index contributed by atoms with van der Waals surface area (Å²) in [7, 11) is 0. The Morgan fingerprint density at radius 3 is 2.50 bits per heavy atom. The number of hydrogen-bond donors (Lipinski definition) is 0. The normalized spacial score (nSPS) is 12.6. The molecule has 0 aliphatic rings. The molecule has 0 saturated carbocycles.